The van der Waals surface area contributed by atoms with Crippen molar-refractivity contribution >= 4 is 41.1 Å². The zero-order valence-corrected chi connectivity index (χ0v) is 16.3. The van der Waals surface area contributed by atoms with Crippen LogP contribution in [0.5, 0.6) is 0 Å². The van der Waals surface area contributed by atoms with Crippen LogP contribution in [0.1, 0.15) is 5.56 Å². The van der Waals surface area contributed by atoms with Gasteiger partial charge in [-0.3, -0.25) is 0 Å². The van der Waals surface area contributed by atoms with Crippen LogP contribution in [0.25, 0.3) is 11.3 Å². The summed E-state index contributed by atoms with van der Waals surface area (Å²) in [5, 5.41) is 19.2. The molecule has 0 unspecified atom stereocenters. The summed E-state index contributed by atoms with van der Waals surface area (Å²) in [5.41, 5.74) is 3.13. The number of aromatic nitrogens is 2. The molecule has 0 saturated heterocycles. The van der Waals surface area contributed by atoms with E-state index in [0.717, 1.165) is 22.8 Å². The predicted molar refractivity (Wildman–Crippen MR) is 108 cm³/mol. The SMILES string of the molecule is Cn1c(-c2ccccc2)cnc1NCc1cccc(Cl)c1Cl.O=C(O)C(=O)O. The number of carboxylic acids is 2. The fourth-order valence-corrected chi connectivity index (χ4v) is 2.70. The number of halogens is 2. The Labute approximate surface area is 171 Å². The lowest BCUT2D eigenvalue weighted by molar-refractivity contribution is -0.159. The first-order valence-corrected chi connectivity index (χ1v) is 8.77. The van der Waals surface area contributed by atoms with Crippen molar-refractivity contribution in [3.8, 4) is 11.3 Å². The quantitative estimate of drug-likeness (QED) is 0.546. The van der Waals surface area contributed by atoms with Gasteiger partial charge in [-0.25, -0.2) is 14.6 Å². The third kappa shape index (κ3) is 5.48. The van der Waals surface area contributed by atoms with E-state index < -0.39 is 11.9 Å². The third-order valence-corrected chi connectivity index (χ3v) is 4.57. The summed E-state index contributed by atoms with van der Waals surface area (Å²) in [4.78, 5) is 22.6. The second kappa shape index (κ2) is 9.77. The highest BCUT2D eigenvalue weighted by atomic mass is 35.5. The Balaban J connectivity index is 0.000000409. The number of nitrogens with zero attached hydrogens (tertiary/aromatic N) is 2. The monoisotopic (exact) mass is 421 g/mol. The van der Waals surface area contributed by atoms with Gasteiger partial charge < -0.3 is 20.1 Å². The van der Waals surface area contributed by atoms with Crippen LogP contribution < -0.4 is 5.32 Å². The summed E-state index contributed by atoms with van der Waals surface area (Å²) in [6.07, 6.45) is 1.86. The normalized spacial score (nSPS) is 9.96. The molecule has 0 aliphatic rings. The fraction of sp³-hybridized carbons (Fsp3) is 0.105. The second-order valence-electron chi connectivity index (χ2n) is 5.57. The highest BCUT2D eigenvalue weighted by Crippen LogP contribution is 2.27. The number of benzene rings is 2. The number of hydrogen-bond acceptors (Lipinski definition) is 4. The lowest BCUT2D eigenvalue weighted by atomic mass is 10.2. The van der Waals surface area contributed by atoms with Gasteiger partial charge in [-0.15, -0.1) is 0 Å². The van der Waals surface area contributed by atoms with Crippen LogP contribution >= 0.6 is 23.2 Å². The average Bonchev–Trinajstić information content (AvgIpc) is 3.04. The molecule has 9 heteroatoms. The molecule has 0 saturated carbocycles. The number of carboxylic acid groups (broad SMARTS) is 2. The van der Waals surface area contributed by atoms with Gasteiger partial charge in [-0.05, 0) is 17.2 Å². The highest BCUT2D eigenvalue weighted by molar-refractivity contribution is 6.42. The maximum atomic E-state index is 9.10. The molecular weight excluding hydrogens is 405 g/mol. The fourth-order valence-electron chi connectivity index (χ4n) is 2.31. The number of rotatable bonds is 4. The first-order valence-electron chi connectivity index (χ1n) is 8.01. The molecule has 0 fully saturated rings. The van der Waals surface area contributed by atoms with Crippen molar-refractivity contribution in [1.29, 1.82) is 0 Å². The van der Waals surface area contributed by atoms with Gasteiger partial charge >= 0.3 is 11.9 Å². The molecule has 0 atom stereocenters. The van der Waals surface area contributed by atoms with E-state index in [1.54, 1.807) is 6.07 Å². The average molecular weight is 422 g/mol. The van der Waals surface area contributed by atoms with Crippen LogP contribution in [0.15, 0.2) is 54.7 Å². The third-order valence-electron chi connectivity index (χ3n) is 3.71. The van der Waals surface area contributed by atoms with Crippen LogP contribution in [-0.2, 0) is 23.2 Å². The van der Waals surface area contributed by atoms with E-state index in [-0.39, 0.29) is 0 Å². The number of imidazole rings is 1. The van der Waals surface area contributed by atoms with E-state index in [9.17, 15) is 0 Å². The Hall–Kier alpha value is -3.03. The van der Waals surface area contributed by atoms with Crippen LogP contribution in [0.3, 0.4) is 0 Å². The first-order chi connectivity index (χ1) is 13.3. The molecule has 0 amide bonds. The van der Waals surface area contributed by atoms with E-state index in [1.165, 1.54) is 0 Å². The molecule has 0 radical (unpaired) electrons. The number of carbonyl (C=O) groups is 2. The molecule has 2 aromatic carbocycles. The van der Waals surface area contributed by atoms with Crippen molar-refractivity contribution in [1.82, 2.24) is 9.55 Å². The van der Waals surface area contributed by atoms with Crippen LogP contribution in [-0.4, -0.2) is 31.7 Å². The van der Waals surface area contributed by atoms with Gasteiger partial charge in [0.1, 0.15) is 0 Å². The molecule has 28 heavy (non-hydrogen) atoms. The van der Waals surface area contributed by atoms with Gasteiger partial charge in [0.25, 0.3) is 0 Å². The van der Waals surface area contributed by atoms with Crippen LogP contribution in [0.2, 0.25) is 10.0 Å². The molecule has 0 bridgehead atoms. The van der Waals surface area contributed by atoms with Gasteiger partial charge in [-0.1, -0.05) is 65.7 Å². The maximum Gasteiger partial charge on any atom is 0.414 e. The van der Waals surface area contributed by atoms with Crippen LogP contribution in [0, 0.1) is 0 Å². The van der Waals surface area contributed by atoms with E-state index >= 15 is 0 Å². The topological polar surface area (TPSA) is 104 Å². The van der Waals surface area contributed by atoms with Crippen molar-refractivity contribution < 1.29 is 19.8 Å². The van der Waals surface area contributed by atoms with Crippen molar-refractivity contribution in [3.05, 3.63) is 70.3 Å². The number of nitrogens with one attached hydrogen (secondary N) is 1. The van der Waals surface area contributed by atoms with Gasteiger partial charge in [0.2, 0.25) is 5.95 Å². The lowest BCUT2D eigenvalue weighted by Gasteiger charge is -2.10. The lowest BCUT2D eigenvalue weighted by Crippen LogP contribution is -2.09. The number of hydrogen-bond donors (Lipinski definition) is 3. The summed E-state index contributed by atoms with van der Waals surface area (Å²) in [5.74, 6) is -2.86. The molecular formula is C19H17Cl2N3O4. The van der Waals surface area contributed by atoms with E-state index in [0.29, 0.717) is 16.6 Å². The highest BCUT2D eigenvalue weighted by Gasteiger charge is 2.09. The van der Waals surface area contributed by atoms with Gasteiger partial charge in [0, 0.05) is 13.6 Å². The molecule has 0 aliphatic carbocycles. The van der Waals surface area contributed by atoms with Gasteiger partial charge in [-0.2, -0.15) is 0 Å². The Morgan fingerprint density at radius 1 is 1.04 bits per heavy atom. The van der Waals surface area contributed by atoms with Crippen molar-refractivity contribution in [2.45, 2.75) is 6.54 Å². The summed E-state index contributed by atoms with van der Waals surface area (Å²) in [6, 6.07) is 15.8. The minimum absolute atomic E-state index is 0.561. The maximum absolute atomic E-state index is 9.10. The molecule has 146 valence electrons. The molecule has 1 aromatic heterocycles. The number of aliphatic carboxylic acids is 2. The first kappa shape index (κ1) is 21.3. The molecule has 3 aromatic rings. The summed E-state index contributed by atoms with van der Waals surface area (Å²) < 4.78 is 2.02. The predicted octanol–water partition coefficient (Wildman–Crippen LogP) is 4.16. The summed E-state index contributed by atoms with van der Waals surface area (Å²) in [7, 11) is 1.98. The minimum atomic E-state index is -1.82. The molecule has 7 nitrogen and oxygen atoms in total. The molecule has 1 heterocycles. The second-order valence-corrected chi connectivity index (χ2v) is 6.35. The summed E-state index contributed by atoms with van der Waals surface area (Å²) in [6.45, 7) is 0.568. The Morgan fingerprint density at radius 3 is 2.29 bits per heavy atom. The Morgan fingerprint density at radius 2 is 1.68 bits per heavy atom. The van der Waals surface area contributed by atoms with Crippen molar-refractivity contribution in [2.75, 3.05) is 5.32 Å². The van der Waals surface area contributed by atoms with E-state index in [2.05, 4.69) is 22.4 Å². The van der Waals surface area contributed by atoms with E-state index in [4.69, 9.17) is 43.0 Å². The van der Waals surface area contributed by atoms with E-state index in [1.807, 2.05) is 48.1 Å². The zero-order valence-electron chi connectivity index (χ0n) is 14.8. The van der Waals surface area contributed by atoms with Gasteiger partial charge in [0.05, 0.1) is 21.9 Å². The smallest absolute Gasteiger partial charge is 0.414 e. The summed E-state index contributed by atoms with van der Waals surface area (Å²) >= 11 is 12.2. The largest absolute Gasteiger partial charge is 0.473 e. The van der Waals surface area contributed by atoms with Crippen LogP contribution in [0.4, 0.5) is 5.95 Å². The zero-order chi connectivity index (χ0) is 20.7. The molecule has 3 N–H and O–H groups in total. The van der Waals surface area contributed by atoms with Crippen molar-refractivity contribution in [2.24, 2.45) is 7.05 Å². The van der Waals surface area contributed by atoms with Gasteiger partial charge in [0.15, 0.2) is 0 Å². The molecule has 0 spiro atoms. The standard InChI is InChI=1S/C17H15Cl2N3.C2H2O4/c1-22-15(12-6-3-2-4-7-12)11-21-17(22)20-10-13-8-5-9-14(18)16(13)19;3-1(4)2(5)6/h2-9,11H,10H2,1H3,(H,20,21);(H,3,4)(H,5,6). The number of anilines is 1. The Bertz CT molecular complexity index is 963. The molecule has 0 aliphatic heterocycles. The Kier molecular flexibility index (Phi) is 7.43. The van der Waals surface area contributed by atoms with Crippen molar-refractivity contribution in [3.63, 3.8) is 0 Å². The minimum Gasteiger partial charge on any atom is -0.473 e. The molecule has 3 rings (SSSR count).